The molecule has 0 saturated carbocycles. The van der Waals surface area contributed by atoms with Crippen molar-refractivity contribution < 1.29 is 33.6 Å². The number of para-hydroxylation sites is 1. The standard InChI is InChI=1S/C29H29NO7/c1-6-37-20-12-9-11-18(14-20)26(31)24-25(19-15-22(34-3)28(36-5)23(16-19)35-4)30(29(33)27(24)32)21-13-8-7-10-17(21)2/h7-16,25,31H,6H2,1-5H3/b26-24+. The predicted molar refractivity (Wildman–Crippen MR) is 140 cm³/mol. The lowest BCUT2D eigenvalue weighted by Gasteiger charge is -2.27. The first-order valence-electron chi connectivity index (χ1n) is 11.8. The fourth-order valence-corrected chi connectivity index (χ4v) is 4.54. The Hall–Kier alpha value is -4.46. The number of rotatable bonds is 8. The Kier molecular flexibility index (Phi) is 7.38. The van der Waals surface area contributed by atoms with Gasteiger partial charge in [0.05, 0.1) is 39.6 Å². The molecule has 1 N–H and O–H groups in total. The molecule has 3 aromatic carbocycles. The molecule has 1 saturated heterocycles. The summed E-state index contributed by atoms with van der Waals surface area (Å²) in [5.41, 5.74) is 2.13. The third-order valence-corrected chi connectivity index (χ3v) is 6.24. The molecule has 37 heavy (non-hydrogen) atoms. The fraction of sp³-hybridized carbons (Fsp3) is 0.241. The second-order valence-electron chi connectivity index (χ2n) is 8.38. The van der Waals surface area contributed by atoms with Gasteiger partial charge in [-0.15, -0.1) is 0 Å². The maximum Gasteiger partial charge on any atom is 0.300 e. The lowest BCUT2D eigenvalue weighted by atomic mass is 9.94. The fourth-order valence-electron chi connectivity index (χ4n) is 4.54. The van der Waals surface area contributed by atoms with E-state index in [0.29, 0.717) is 46.4 Å². The Labute approximate surface area is 215 Å². The van der Waals surface area contributed by atoms with Crippen LogP contribution in [0.2, 0.25) is 0 Å². The number of hydrogen-bond acceptors (Lipinski definition) is 7. The van der Waals surface area contributed by atoms with E-state index in [9.17, 15) is 14.7 Å². The first-order valence-corrected chi connectivity index (χ1v) is 11.8. The average Bonchev–Trinajstić information content (AvgIpc) is 3.17. The van der Waals surface area contributed by atoms with Crippen LogP contribution in [0.3, 0.4) is 0 Å². The molecule has 1 unspecified atom stereocenters. The van der Waals surface area contributed by atoms with Crippen LogP contribution in [0.15, 0.2) is 66.2 Å². The number of nitrogens with zero attached hydrogens (tertiary/aromatic N) is 1. The number of ketones is 1. The Morgan fingerprint density at radius 1 is 0.919 bits per heavy atom. The molecule has 0 aromatic heterocycles. The van der Waals surface area contributed by atoms with E-state index in [2.05, 4.69) is 0 Å². The smallest absolute Gasteiger partial charge is 0.300 e. The van der Waals surface area contributed by atoms with Gasteiger partial charge < -0.3 is 24.1 Å². The van der Waals surface area contributed by atoms with Gasteiger partial charge in [-0.3, -0.25) is 14.5 Å². The number of Topliss-reactive ketones (excluding diaryl/α,β-unsaturated/α-hetero) is 1. The number of aliphatic hydroxyl groups excluding tert-OH is 1. The first kappa shape index (κ1) is 25.6. The monoisotopic (exact) mass is 503 g/mol. The normalized spacial score (nSPS) is 16.6. The van der Waals surface area contributed by atoms with Crippen molar-refractivity contribution in [1.82, 2.24) is 0 Å². The second-order valence-corrected chi connectivity index (χ2v) is 8.38. The molecule has 1 heterocycles. The number of methoxy groups -OCH3 is 3. The van der Waals surface area contributed by atoms with Crippen LogP contribution >= 0.6 is 0 Å². The zero-order valence-corrected chi connectivity index (χ0v) is 21.4. The topological polar surface area (TPSA) is 94.5 Å². The Morgan fingerprint density at radius 3 is 2.19 bits per heavy atom. The van der Waals surface area contributed by atoms with Gasteiger partial charge in [0.1, 0.15) is 11.5 Å². The van der Waals surface area contributed by atoms with Gasteiger partial charge in [-0.25, -0.2) is 0 Å². The van der Waals surface area contributed by atoms with Crippen molar-refractivity contribution in [2.75, 3.05) is 32.8 Å². The third-order valence-electron chi connectivity index (χ3n) is 6.24. The number of carbonyl (C=O) groups is 2. The Balaban J connectivity index is 2.02. The zero-order valence-electron chi connectivity index (χ0n) is 21.4. The van der Waals surface area contributed by atoms with E-state index >= 15 is 0 Å². The molecule has 1 fully saturated rings. The molecule has 1 amide bonds. The minimum atomic E-state index is -0.967. The molecule has 8 nitrogen and oxygen atoms in total. The number of aliphatic hydroxyl groups is 1. The molecule has 1 aliphatic heterocycles. The van der Waals surface area contributed by atoms with Crippen molar-refractivity contribution >= 4 is 23.1 Å². The summed E-state index contributed by atoms with van der Waals surface area (Å²) in [6, 6.07) is 16.4. The van der Waals surface area contributed by atoms with Gasteiger partial charge in [0.2, 0.25) is 5.75 Å². The van der Waals surface area contributed by atoms with Gasteiger partial charge in [0.15, 0.2) is 11.5 Å². The highest BCUT2D eigenvalue weighted by Crippen LogP contribution is 2.47. The minimum Gasteiger partial charge on any atom is -0.507 e. The molecule has 1 aliphatic rings. The number of amides is 1. The molecule has 0 spiro atoms. The number of anilines is 1. The van der Waals surface area contributed by atoms with Crippen LogP contribution in [0.1, 0.15) is 29.7 Å². The van der Waals surface area contributed by atoms with Crippen molar-refractivity contribution in [3.63, 3.8) is 0 Å². The van der Waals surface area contributed by atoms with Crippen LogP contribution in [0.4, 0.5) is 5.69 Å². The molecule has 0 radical (unpaired) electrons. The first-order chi connectivity index (χ1) is 17.9. The Morgan fingerprint density at radius 2 is 1.59 bits per heavy atom. The van der Waals surface area contributed by atoms with Gasteiger partial charge in [-0.05, 0) is 55.3 Å². The third kappa shape index (κ3) is 4.58. The minimum absolute atomic E-state index is 0.0591. The van der Waals surface area contributed by atoms with Crippen molar-refractivity contribution in [2.45, 2.75) is 19.9 Å². The summed E-state index contributed by atoms with van der Waals surface area (Å²) in [7, 11) is 4.46. The van der Waals surface area contributed by atoms with E-state index in [1.807, 2.05) is 26.0 Å². The lowest BCUT2D eigenvalue weighted by molar-refractivity contribution is -0.132. The summed E-state index contributed by atoms with van der Waals surface area (Å²) in [4.78, 5) is 28.4. The van der Waals surface area contributed by atoms with Crippen molar-refractivity contribution in [1.29, 1.82) is 0 Å². The van der Waals surface area contributed by atoms with Crippen molar-refractivity contribution in [2.24, 2.45) is 0 Å². The maximum absolute atomic E-state index is 13.5. The van der Waals surface area contributed by atoms with E-state index in [-0.39, 0.29) is 11.3 Å². The van der Waals surface area contributed by atoms with Gasteiger partial charge >= 0.3 is 0 Å². The van der Waals surface area contributed by atoms with Crippen molar-refractivity contribution in [3.05, 3.63) is 82.9 Å². The molecular weight excluding hydrogens is 474 g/mol. The summed E-state index contributed by atoms with van der Waals surface area (Å²) < 4.78 is 22.1. The van der Waals surface area contributed by atoms with E-state index in [0.717, 1.165) is 5.56 Å². The molecule has 0 aliphatic carbocycles. The van der Waals surface area contributed by atoms with E-state index < -0.39 is 17.7 Å². The van der Waals surface area contributed by atoms with Crippen LogP contribution in [-0.2, 0) is 9.59 Å². The molecular formula is C29H29NO7. The SMILES string of the molecule is CCOc1cccc(/C(O)=C2\C(=O)C(=O)N(c3ccccc3C)C2c2cc(OC)c(OC)c(OC)c2)c1. The van der Waals surface area contributed by atoms with Crippen LogP contribution in [0.25, 0.3) is 5.76 Å². The van der Waals surface area contributed by atoms with Gasteiger partial charge in [0, 0.05) is 11.3 Å². The summed E-state index contributed by atoms with van der Waals surface area (Å²) in [6.07, 6.45) is 0. The molecule has 0 bridgehead atoms. The second kappa shape index (κ2) is 10.7. The summed E-state index contributed by atoms with van der Waals surface area (Å²) >= 11 is 0. The summed E-state index contributed by atoms with van der Waals surface area (Å²) in [5.74, 6) is -0.266. The molecule has 3 aromatic rings. The van der Waals surface area contributed by atoms with Gasteiger partial charge in [-0.1, -0.05) is 30.3 Å². The average molecular weight is 504 g/mol. The summed E-state index contributed by atoms with van der Waals surface area (Å²) in [6.45, 7) is 4.14. The van der Waals surface area contributed by atoms with Crippen LogP contribution in [-0.4, -0.2) is 44.7 Å². The zero-order chi connectivity index (χ0) is 26.7. The molecule has 192 valence electrons. The number of ether oxygens (including phenoxy) is 4. The van der Waals surface area contributed by atoms with Crippen LogP contribution in [0.5, 0.6) is 23.0 Å². The van der Waals surface area contributed by atoms with Crippen LogP contribution in [0, 0.1) is 6.92 Å². The predicted octanol–water partition coefficient (Wildman–Crippen LogP) is 5.05. The van der Waals surface area contributed by atoms with Gasteiger partial charge in [0.25, 0.3) is 11.7 Å². The molecule has 1 atom stereocenters. The molecule has 8 heteroatoms. The molecule has 4 rings (SSSR count). The number of hydrogen-bond donors (Lipinski definition) is 1. The van der Waals surface area contributed by atoms with Crippen molar-refractivity contribution in [3.8, 4) is 23.0 Å². The highest BCUT2D eigenvalue weighted by Gasteiger charge is 2.47. The van der Waals surface area contributed by atoms with E-state index in [1.54, 1.807) is 48.5 Å². The lowest BCUT2D eigenvalue weighted by Crippen LogP contribution is -2.30. The van der Waals surface area contributed by atoms with E-state index in [4.69, 9.17) is 18.9 Å². The number of benzene rings is 3. The highest BCUT2D eigenvalue weighted by atomic mass is 16.5. The highest BCUT2D eigenvalue weighted by molar-refractivity contribution is 6.51. The summed E-state index contributed by atoms with van der Waals surface area (Å²) in [5, 5.41) is 11.5. The quantitative estimate of drug-likeness (QED) is 0.261. The number of aryl methyl sites for hydroxylation is 1. The number of carbonyl (C=O) groups excluding carboxylic acids is 2. The maximum atomic E-state index is 13.5. The van der Waals surface area contributed by atoms with Crippen LogP contribution < -0.4 is 23.8 Å². The largest absolute Gasteiger partial charge is 0.507 e. The van der Waals surface area contributed by atoms with Gasteiger partial charge in [-0.2, -0.15) is 0 Å². The van der Waals surface area contributed by atoms with E-state index in [1.165, 1.54) is 26.2 Å². The Bertz CT molecular complexity index is 1350.